The van der Waals surface area contributed by atoms with Gasteiger partial charge < -0.3 is 10.2 Å². The van der Waals surface area contributed by atoms with Crippen molar-refractivity contribution in [1.82, 2.24) is 20.2 Å². The number of nitrogens with zero attached hydrogens (tertiary/aromatic N) is 3. The number of ketones is 4. The lowest BCUT2D eigenvalue weighted by molar-refractivity contribution is -0.147. The van der Waals surface area contributed by atoms with E-state index in [0.29, 0.717) is 31.7 Å². The summed E-state index contributed by atoms with van der Waals surface area (Å²) in [4.78, 5) is 92.5. The van der Waals surface area contributed by atoms with Crippen molar-refractivity contribution in [3.05, 3.63) is 24.3 Å². The maximum absolute atomic E-state index is 14.8. The summed E-state index contributed by atoms with van der Waals surface area (Å²) < 4.78 is 0. The second-order valence-electron chi connectivity index (χ2n) is 17.6. The first-order valence-corrected chi connectivity index (χ1v) is 19.1. The first-order valence-electron chi connectivity index (χ1n) is 19.1. The normalized spacial score (nSPS) is 25.1. The van der Waals surface area contributed by atoms with E-state index in [1.54, 1.807) is 4.90 Å². The van der Waals surface area contributed by atoms with E-state index in [4.69, 9.17) is 0 Å². The van der Waals surface area contributed by atoms with Crippen LogP contribution in [0.4, 0.5) is 0 Å². The molecule has 2 heterocycles. The van der Waals surface area contributed by atoms with Crippen molar-refractivity contribution in [2.24, 2.45) is 39.9 Å². The molecule has 1 aromatic heterocycles. The highest BCUT2D eigenvalue weighted by atomic mass is 16.2. The van der Waals surface area contributed by atoms with Crippen LogP contribution in [0.2, 0.25) is 0 Å². The number of Topliss-reactive ketones (excluding diaryl/α,β-unsaturated/α-hetero) is 4. The largest absolute Gasteiger partial charge is 0.341 e. The number of likely N-dealkylation sites (tertiary alicyclic amines) is 1. The van der Waals surface area contributed by atoms with Gasteiger partial charge >= 0.3 is 0 Å². The Hall–Kier alpha value is -3.30. The monoisotopic (exact) mass is 690 g/mol. The van der Waals surface area contributed by atoms with Crippen LogP contribution in [0.25, 0.3) is 0 Å². The van der Waals surface area contributed by atoms with Crippen LogP contribution >= 0.6 is 0 Å². The van der Waals surface area contributed by atoms with Crippen molar-refractivity contribution in [2.45, 2.75) is 144 Å². The standard InChI is InChI=1S/C40H58N4O6/c1-7-11-27(35(48)33(47)18-25-14-15-25)19-31(45)30-21-40(23-39(40,5)6)24-44(30)37(50)28(38(2,3)4)20-32(46)34(26-12-9-8-10-13-26)43-36(49)29-22-41-16-17-42-29/h16-17,22,25-28,30,34H,7-15,18-21,23-24H2,1-6H3,(H,43,49)/t27-,28-,30+,34+,40+/m1/s1. The number of carbonyl (C=O) groups excluding carboxylic acids is 6. The summed E-state index contributed by atoms with van der Waals surface area (Å²) in [7, 11) is 0. The predicted octanol–water partition coefficient (Wildman–Crippen LogP) is 6.11. The summed E-state index contributed by atoms with van der Waals surface area (Å²) in [6.07, 6.45) is 13.6. The smallest absolute Gasteiger partial charge is 0.272 e. The topological polar surface area (TPSA) is 143 Å². The van der Waals surface area contributed by atoms with Crippen molar-refractivity contribution >= 4 is 34.9 Å². The van der Waals surface area contributed by atoms with Crippen molar-refractivity contribution in [1.29, 1.82) is 0 Å². The molecule has 1 spiro atoms. The maximum atomic E-state index is 14.8. The van der Waals surface area contributed by atoms with E-state index in [1.165, 1.54) is 18.6 Å². The molecular weight excluding hydrogens is 632 g/mol. The summed E-state index contributed by atoms with van der Waals surface area (Å²) >= 11 is 0. The van der Waals surface area contributed by atoms with Crippen molar-refractivity contribution in [2.75, 3.05) is 6.54 Å². The zero-order valence-electron chi connectivity index (χ0n) is 31.1. The summed E-state index contributed by atoms with van der Waals surface area (Å²) in [5.41, 5.74) is -0.716. The van der Waals surface area contributed by atoms with Crippen LogP contribution in [0.5, 0.6) is 0 Å². The van der Waals surface area contributed by atoms with Gasteiger partial charge in [0.2, 0.25) is 11.7 Å². The Morgan fingerprint density at radius 1 is 0.980 bits per heavy atom. The van der Waals surface area contributed by atoms with E-state index in [0.717, 1.165) is 51.4 Å². The second-order valence-corrected chi connectivity index (χ2v) is 17.6. The number of nitrogens with one attached hydrogen (secondary N) is 1. The van der Waals surface area contributed by atoms with Gasteiger partial charge in [-0.15, -0.1) is 0 Å². The van der Waals surface area contributed by atoms with Crippen LogP contribution in [-0.2, 0) is 24.0 Å². The van der Waals surface area contributed by atoms with Crippen molar-refractivity contribution in [3.63, 3.8) is 0 Å². The van der Waals surface area contributed by atoms with E-state index in [2.05, 4.69) is 29.1 Å². The minimum absolute atomic E-state index is 0.0385. The highest BCUT2D eigenvalue weighted by molar-refractivity contribution is 6.38. The van der Waals surface area contributed by atoms with Gasteiger partial charge in [0.05, 0.1) is 18.3 Å². The molecule has 50 heavy (non-hydrogen) atoms. The number of amides is 2. The molecule has 5 atom stereocenters. The molecule has 10 heteroatoms. The van der Waals surface area contributed by atoms with Gasteiger partial charge in [0.25, 0.3) is 5.91 Å². The van der Waals surface area contributed by atoms with Crippen LogP contribution in [0, 0.1) is 39.9 Å². The zero-order chi connectivity index (χ0) is 36.4. The fraction of sp³-hybridized carbons (Fsp3) is 0.750. The molecule has 0 bridgehead atoms. The van der Waals surface area contributed by atoms with E-state index in [1.807, 2.05) is 27.7 Å². The van der Waals surface area contributed by atoms with Crippen molar-refractivity contribution < 1.29 is 28.8 Å². The molecule has 0 unspecified atom stereocenters. The third kappa shape index (κ3) is 8.59. The third-order valence-electron chi connectivity index (χ3n) is 12.4. The average molecular weight is 691 g/mol. The number of hydrogen-bond donors (Lipinski definition) is 1. The van der Waals surface area contributed by atoms with Gasteiger partial charge in [-0.2, -0.15) is 0 Å². The molecule has 0 radical (unpaired) electrons. The first kappa shape index (κ1) is 37.9. The lowest BCUT2D eigenvalue weighted by Crippen LogP contribution is -2.51. The highest BCUT2D eigenvalue weighted by Crippen LogP contribution is 2.69. The molecule has 274 valence electrons. The molecule has 10 nitrogen and oxygen atoms in total. The van der Waals surface area contributed by atoms with E-state index in [9.17, 15) is 28.8 Å². The molecule has 1 saturated heterocycles. The van der Waals surface area contributed by atoms with Crippen molar-refractivity contribution in [3.8, 4) is 0 Å². The van der Waals surface area contributed by atoms with Crippen LogP contribution < -0.4 is 5.32 Å². The fourth-order valence-corrected chi connectivity index (χ4v) is 8.74. The number of carbonyl (C=O) groups is 6. The quantitative estimate of drug-likeness (QED) is 0.205. The summed E-state index contributed by atoms with van der Waals surface area (Å²) in [6.45, 7) is 12.6. The van der Waals surface area contributed by atoms with Crippen LogP contribution in [0.15, 0.2) is 18.6 Å². The van der Waals surface area contributed by atoms with Gasteiger partial charge in [-0.05, 0) is 73.0 Å². The molecule has 5 rings (SSSR count). The SMILES string of the molecule is CCC[C@H](CC(=O)[C@@H]1C[C@@]2(CN1C(=O)[C@@H](CC(=O)[C@@H](NC(=O)c1cnccn1)C1CCCCC1)C(C)(C)C)CC2(C)C)C(=O)C(=O)CC1CC1. The Bertz CT molecular complexity index is 1460. The molecule has 3 aliphatic carbocycles. The first-order chi connectivity index (χ1) is 23.6. The minimum atomic E-state index is -0.763. The minimum Gasteiger partial charge on any atom is -0.341 e. The molecule has 2 amide bonds. The Balaban J connectivity index is 1.37. The molecular formula is C40H58N4O6. The van der Waals surface area contributed by atoms with Crippen LogP contribution in [0.1, 0.15) is 142 Å². The molecule has 1 aromatic rings. The number of rotatable bonds is 16. The second kappa shape index (κ2) is 15.1. The molecule has 0 aromatic carbocycles. The third-order valence-corrected chi connectivity index (χ3v) is 12.4. The Morgan fingerprint density at radius 2 is 1.66 bits per heavy atom. The number of hydrogen-bond acceptors (Lipinski definition) is 8. The molecule has 4 fully saturated rings. The Morgan fingerprint density at radius 3 is 2.22 bits per heavy atom. The summed E-state index contributed by atoms with van der Waals surface area (Å²) in [5, 5.41) is 2.97. The van der Waals surface area contributed by atoms with E-state index >= 15 is 0 Å². The van der Waals surface area contributed by atoms with Gasteiger partial charge in [0, 0.05) is 50.0 Å². The average Bonchev–Trinajstić information content (AvgIpc) is 3.94. The van der Waals surface area contributed by atoms with Gasteiger partial charge in [0.15, 0.2) is 17.3 Å². The molecule has 3 saturated carbocycles. The molecule has 4 aliphatic rings. The van der Waals surface area contributed by atoms with Crippen LogP contribution in [-0.4, -0.2) is 68.4 Å². The lowest BCUT2D eigenvalue weighted by Gasteiger charge is -2.37. The highest BCUT2D eigenvalue weighted by Gasteiger charge is 2.67. The lowest BCUT2D eigenvalue weighted by atomic mass is 9.74. The zero-order valence-corrected chi connectivity index (χ0v) is 31.1. The van der Waals surface area contributed by atoms with Gasteiger partial charge in [-0.1, -0.05) is 67.2 Å². The maximum Gasteiger partial charge on any atom is 0.272 e. The van der Waals surface area contributed by atoms with Gasteiger partial charge in [0.1, 0.15) is 5.69 Å². The Kier molecular flexibility index (Phi) is 11.5. The van der Waals surface area contributed by atoms with Gasteiger partial charge in [-0.25, -0.2) is 4.98 Å². The Labute approximate surface area is 297 Å². The molecule has 1 aliphatic heterocycles. The summed E-state index contributed by atoms with van der Waals surface area (Å²) in [5.74, 6) is -3.01. The fourth-order valence-electron chi connectivity index (χ4n) is 8.74. The predicted molar refractivity (Wildman–Crippen MR) is 189 cm³/mol. The summed E-state index contributed by atoms with van der Waals surface area (Å²) in [6, 6.07) is -1.47. The van der Waals surface area contributed by atoms with E-state index in [-0.39, 0.29) is 65.0 Å². The van der Waals surface area contributed by atoms with E-state index < -0.39 is 41.0 Å². The van der Waals surface area contributed by atoms with Gasteiger partial charge in [-0.3, -0.25) is 33.8 Å². The number of aromatic nitrogens is 2. The van der Waals surface area contributed by atoms with Crippen LogP contribution in [0.3, 0.4) is 0 Å². The molecule has 1 N–H and O–H groups in total.